The first kappa shape index (κ1) is 25.5. The van der Waals surface area contributed by atoms with Crippen molar-refractivity contribution in [1.82, 2.24) is 0 Å². The molecule has 4 heteroatoms. The van der Waals surface area contributed by atoms with Gasteiger partial charge >= 0.3 is 5.97 Å². The van der Waals surface area contributed by atoms with Crippen LogP contribution in [0.5, 0.6) is 5.75 Å². The predicted octanol–water partition coefficient (Wildman–Crippen LogP) is 8.21. The van der Waals surface area contributed by atoms with Crippen molar-refractivity contribution >= 4 is 21.9 Å². The number of carbonyl (C=O) groups is 1. The van der Waals surface area contributed by atoms with Gasteiger partial charge in [0.25, 0.3) is 0 Å². The number of esters is 1. The highest BCUT2D eigenvalue weighted by molar-refractivity contribution is 9.09. The van der Waals surface area contributed by atoms with Crippen LogP contribution in [0.15, 0.2) is 48.5 Å². The van der Waals surface area contributed by atoms with E-state index in [-0.39, 0.29) is 5.97 Å². The molecule has 0 aliphatic carbocycles. The minimum absolute atomic E-state index is 0.306. The summed E-state index contributed by atoms with van der Waals surface area (Å²) in [7, 11) is 0. The first-order valence-corrected chi connectivity index (χ1v) is 12.9. The van der Waals surface area contributed by atoms with Gasteiger partial charge in [0.1, 0.15) is 5.75 Å². The topological polar surface area (TPSA) is 35.5 Å². The van der Waals surface area contributed by atoms with Gasteiger partial charge in [-0.3, -0.25) is 0 Å². The van der Waals surface area contributed by atoms with Crippen LogP contribution in [-0.2, 0) is 4.74 Å². The number of hydrogen-bond acceptors (Lipinski definition) is 3. The molecule has 2 aromatic rings. The number of ether oxygens (including phenoxy) is 2. The van der Waals surface area contributed by atoms with Crippen LogP contribution in [0.2, 0.25) is 0 Å². The maximum atomic E-state index is 12.1. The summed E-state index contributed by atoms with van der Waals surface area (Å²) in [5.41, 5.74) is 2.63. The van der Waals surface area contributed by atoms with Crippen LogP contribution in [0.4, 0.5) is 0 Å². The van der Waals surface area contributed by atoms with Gasteiger partial charge in [-0.25, -0.2) is 4.79 Å². The van der Waals surface area contributed by atoms with E-state index in [0.717, 1.165) is 28.6 Å². The summed E-state index contributed by atoms with van der Waals surface area (Å²) in [6.07, 6.45) is 12.9. The van der Waals surface area contributed by atoms with Gasteiger partial charge in [0.05, 0.1) is 18.8 Å². The molecule has 2 aromatic carbocycles. The zero-order valence-corrected chi connectivity index (χ0v) is 20.5. The highest BCUT2D eigenvalue weighted by atomic mass is 79.9. The molecule has 0 heterocycles. The second-order valence-electron chi connectivity index (χ2n) is 7.87. The zero-order chi connectivity index (χ0) is 22.2. The van der Waals surface area contributed by atoms with Crippen molar-refractivity contribution in [3.63, 3.8) is 0 Å². The van der Waals surface area contributed by atoms with Crippen LogP contribution in [0.3, 0.4) is 0 Å². The van der Waals surface area contributed by atoms with E-state index in [9.17, 15) is 4.79 Å². The molecule has 0 saturated carbocycles. The molecule has 0 radical (unpaired) electrons. The summed E-state index contributed by atoms with van der Waals surface area (Å²) in [5, 5.41) is 1.13. The van der Waals surface area contributed by atoms with E-state index < -0.39 is 0 Å². The summed E-state index contributed by atoms with van der Waals surface area (Å²) >= 11 is 3.49. The smallest absolute Gasteiger partial charge is 0.338 e. The lowest BCUT2D eigenvalue weighted by molar-refractivity contribution is 0.0526. The highest BCUT2D eigenvalue weighted by Gasteiger charge is 2.13. The number of hydrogen-bond donors (Lipinski definition) is 0. The fourth-order valence-corrected chi connectivity index (χ4v) is 4.03. The minimum Gasteiger partial charge on any atom is -0.493 e. The van der Waals surface area contributed by atoms with Crippen molar-refractivity contribution in [2.75, 3.05) is 18.5 Å². The third-order valence-electron chi connectivity index (χ3n) is 5.36. The summed E-state index contributed by atoms with van der Waals surface area (Å²) in [6.45, 7) is 2.85. The lowest BCUT2D eigenvalue weighted by Crippen LogP contribution is -2.06. The predicted molar refractivity (Wildman–Crippen MR) is 133 cm³/mol. The van der Waals surface area contributed by atoms with Gasteiger partial charge in [0, 0.05) is 10.9 Å². The molecule has 3 nitrogen and oxygen atoms in total. The molecule has 31 heavy (non-hydrogen) atoms. The van der Waals surface area contributed by atoms with Gasteiger partial charge in [0.15, 0.2) is 0 Å². The molecule has 0 aromatic heterocycles. The van der Waals surface area contributed by atoms with Gasteiger partial charge in [-0.05, 0) is 43.5 Å². The molecule has 0 amide bonds. The lowest BCUT2D eigenvalue weighted by Gasteiger charge is -2.13. The maximum absolute atomic E-state index is 12.1. The number of unbranched alkanes of at least 4 members (excludes halogenated alkanes) is 9. The quantitative estimate of drug-likeness (QED) is 0.135. The van der Waals surface area contributed by atoms with E-state index in [2.05, 4.69) is 28.1 Å². The van der Waals surface area contributed by atoms with Crippen molar-refractivity contribution in [2.24, 2.45) is 0 Å². The monoisotopic (exact) mass is 488 g/mol. The SMILES string of the molecule is CCOC(=O)c1ccc(-c2ccccc2)c(OCCCCCCCCCCCCBr)c1. The van der Waals surface area contributed by atoms with E-state index in [1.54, 1.807) is 0 Å². The Bertz CT molecular complexity index is 745. The second kappa shape index (κ2) is 15.9. The Morgan fingerprint density at radius 1 is 0.806 bits per heavy atom. The van der Waals surface area contributed by atoms with Crippen molar-refractivity contribution in [3.8, 4) is 16.9 Å². The average Bonchev–Trinajstić information content (AvgIpc) is 2.80. The Kier molecular flexibility index (Phi) is 13.1. The summed E-state index contributed by atoms with van der Waals surface area (Å²) in [6, 6.07) is 15.7. The third-order valence-corrected chi connectivity index (χ3v) is 5.92. The minimum atomic E-state index is -0.306. The Morgan fingerprint density at radius 3 is 2.03 bits per heavy atom. The highest BCUT2D eigenvalue weighted by Crippen LogP contribution is 2.31. The van der Waals surface area contributed by atoms with Crippen molar-refractivity contribution in [2.45, 2.75) is 71.1 Å². The zero-order valence-electron chi connectivity index (χ0n) is 18.9. The van der Waals surface area contributed by atoms with Gasteiger partial charge in [-0.15, -0.1) is 0 Å². The first-order valence-electron chi connectivity index (χ1n) is 11.8. The molecule has 0 bridgehead atoms. The number of halogens is 1. The van der Waals surface area contributed by atoms with E-state index in [0.29, 0.717) is 18.8 Å². The van der Waals surface area contributed by atoms with Crippen LogP contribution in [-0.4, -0.2) is 24.5 Å². The van der Waals surface area contributed by atoms with Gasteiger partial charge in [0.2, 0.25) is 0 Å². The van der Waals surface area contributed by atoms with Crippen molar-refractivity contribution in [3.05, 3.63) is 54.1 Å². The Hall–Kier alpha value is -1.81. The molecule has 0 saturated heterocycles. The second-order valence-corrected chi connectivity index (χ2v) is 8.66. The molecule has 2 rings (SSSR count). The molecular formula is C27H37BrO3. The number of benzene rings is 2. The molecule has 0 aliphatic rings. The Morgan fingerprint density at radius 2 is 1.42 bits per heavy atom. The lowest BCUT2D eigenvalue weighted by atomic mass is 10.0. The summed E-state index contributed by atoms with van der Waals surface area (Å²) in [4.78, 5) is 12.1. The third kappa shape index (κ3) is 9.90. The molecule has 0 spiro atoms. The fraction of sp³-hybridized carbons (Fsp3) is 0.519. The fourth-order valence-electron chi connectivity index (χ4n) is 3.63. The normalized spacial score (nSPS) is 10.8. The maximum Gasteiger partial charge on any atom is 0.338 e. The Labute approximate surface area is 196 Å². The van der Waals surface area contributed by atoms with Crippen LogP contribution in [0.1, 0.15) is 81.5 Å². The molecule has 0 atom stereocenters. The standard InChI is InChI=1S/C27H37BrO3/c1-2-30-27(29)24-18-19-25(23-16-12-11-13-17-23)26(22-24)31-21-15-10-8-6-4-3-5-7-9-14-20-28/h11-13,16-19,22H,2-10,14-15,20-21H2,1H3. The van der Waals surface area contributed by atoms with Crippen molar-refractivity contribution in [1.29, 1.82) is 0 Å². The molecule has 0 N–H and O–H groups in total. The molecular weight excluding hydrogens is 452 g/mol. The molecule has 0 aliphatic heterocycles. The van der Waals surface area contributed by atoms with Crippen molar-refractivity contribution < 1.29 is 14.3 Å². The molecule has 0 fully saturated rings. The van der Waals surface area contributed by atoms with Crippen LogP contribution < -0.4 is 4.74 Å². The number of carbonyl (C=O) groups excluding carboxylic acids is 1. The summed E-state index contributed by atoms with van der Waals surface area (Å²) in [5.74, 6) is 0.444. The number of rotatable bonds is 16. The average molecular weight is 489 g/mol. The largest absolute Gasteiger partial charge is 0.493 e. The van der Waals surface area contributed by atoms with Gasteiger partial charge < -0.3 is 9.47 Å². The Balaban J connectivity index is 1.77. The van der Waals surface area contributed by atoms with E-state index in [1.807, 2.05) is 43.3 Å². The van der Waals surface area contributed by atoms with E-state index >= 15 is 0 Å². The van der Waals surface area contributed by atoms with Crippen LogP contribution in [0, 0.1) is 0 Å². The van der Waals surface area contributed by atoms with Crippen LogP contribution in [0.25, 0.3) is 11.1 Å². The van der Waals surface area contributed by atoms with E-state index in [4.69, 9.17) is 9.47 Å². The van der Waals surface area contributed by atoms with Gasteiger partial charge in [-0.2, -0.15) is 0 Å². The summed E-state index contributed by atoms with van der Waals surface area (Å²) < 4.78 is 11.3. The first-order chi connectivity index (χ1) is 15.3. The molecule has 170 valence electrons. The van der Waals surface area contributed by atoms with Gasteiger partial charge in [-0.1, -0.05) is 97.6 Å². The number of alkyl halides is 1. The molecule has 0 unspecified atom stereocenters. The van der Waals surface area contributed by atoms with E-state index in [1.165, 1.54) is 57.8 Å². The van der Waals surface area contributed by atoms with Crippen LogP contribution >= 0.6 is 15.9 Å².